The highest BCUT2D eigenvalue weighted by Gasteiger charge is 2.18. The highest BCUT2D eigenvalue weighted by Crippen LogP contribution is 2.25. The molecule has 0 amide bonds. The summed E-state index contributed by atoms with van der Waals surface area (Å²) in [5.74, 6) is -1.20. The number of likely N-dealkylation sites (N-methyl/N-ethyl adjacent to an activating group) is 1. The van der Waals surface area contributed by atoms with Gasteiger partial charge in [0.1, 0.15) is 0 Å². The molecule has 0 aliphatic carbocycles. The van der Waals surface area contributed by atoms with Crippen LogP contribution in [0, 0.1) is 12.8 Å². The minimum absolute atomic E-state index is 0.421. The number of anilines is 1. The molecule has 0 saturated carbocycles. The van der Waals surface area contributed by atoms with Gasteiger partial charge in [0.15, 0.2) is 0 Å². The number of hydrogen-bond donors (Lipinski definition) is 1. The number of carboxylic acids is 1. The normalized spacial score (nSPS) is 12.5. The van der Waals surface area contributed by atoms with Gasteiger partial charge in [-0.2, -0.15) is 0 Å². The van der Waals surface area contributed by atoms with Gasteiger partial charge in [-0.05, 0) is 38.7 Å². The second-order valence-electron chi connectivity index (χ2n) is 5.42. The lowest BCUT2D eigenvalue weighted by molar-refractivity contribution is -0.140. The van der Waals surface area contributed by atoms with E-state index < -0.39 is 11.9 Å². The Balaban J connectivity index is 2.96. The first-order valence-electron chi connectivity index (χ1n) is 6.70. The van der Waals surface area contributed by atoms with Gasteiger partial charge in [0, 0.05) is 30.3 Å². The Morgan fingerprint density at radius 2 is 2.00 bits per heavy atom. The number of nitrogens with zero attached hydrogens (tertiary/aromatic N) is 2. The van der Waals surface area contributed by atoms with Crippen LogP contribution in [0.1, 0.15) is 12.5 Å². The van der Waals surface area contributed by atoms with Crippen LogP contribution in [-0.4, -0.2) is 49.7 Å². The molecule has 0 aliphatic heterocycles. The number of benzene rings is 1. The molecule has 0 spiro atoms. The van der Waals surface area contributed by atoms with Crippen LogP contribution >= 0.6 is 11.6 Å². The molecule has 0 heterocycles. The van der Waals surface area contributed by atoms with Crippen molar-refractivity contribution in [1.82, 2.24) is 4.90 Å². The average molecular weight is 299 g/mol. The molecule has 5 heteroatoms. The van der Waals surface area contributed by atoms with Crippen LogP contribution in [-0.2, 0) is 4.79 Å². The summed E-state index contributed by atoms with van der Waals surface area (Å²) in [6, 6.07) is 5.72. The molecule has 1 aromatic rings. The zero-order valence-corrected chi connectivity index (χ0v) is 13.3. The van der Waals surface area contributed by atoms with Gasteiger partial charge in [-0.25, -0.2) is 0 Å². The number of carboxylic acid groups (broad SMARTS) is 1. The van der Waals surface area contributed by atoms with E-state index in [4.69, 9.17) is 16.7 Å². The maximum absolute atomic E-state index is 11.1. The molecular weight excluding hydrogens is 276 g/mol. The van der Waals surface area contributed by atoms with Crippen molar-refractivity contribution in [2.45, 2.75) is 13.8 Å². The Labute approximate surface area is 125 Å². The third kappa shape index (κ3) is 5.02. The fourth-order valence-electron chi connectivity index (χ4n) is 1.96. The van der Waals surface area contributed by atoms with Crippen molar-refractivity contribution >= 4 is 23.3 Å². The second kappa shape index (κ2) is 7.50. The van der Waals surface area contributed by atoms with Crippen LogP contribution in [0.5, 0.6) is 0 Å². The van der Waals surface area contributed by atoms with Crippen molar-refractivity contribution in [2.75, 3.05) is 38.6 Å². The summed E-state index contributed by atoms with van der Waals surface area (Å²) in [6.07, 6.45) is 0. The lowest BCUT2D eigenvalue weighted by atomic mass is 10.1. The van der Waals surface area contributed by atoms with Gasteiger partial charge in [0.05, 0.1) is 5.92 Å². The fourth-order valence-corrected chi connectivity index (χ4v) is 2.13. The number of aryl methyl sites for hydroxylation is 1. The van der Waals surface area contributed by atoms with Gasteiger partial charge in [-0.1, -0.05) is 24.6 Å². The lowest BCUT2D eigenvalue weighted by Gasteiger charge is -2.29. The molecule has 1 unspecified atom stereocenters. The molecule has 0 aromatic heterocycles. The second-order valence-corrected chi connectivity index (χ2v) is 5.86. The number of rotatable bonds is 7. The Kier molecular flexibility index (Phi) is 6.30. The van der Waals surface area contributed by atoms with E-state index in [0.717, 1.165) is 24.3 Å². The van der Waals surface area contributed by atoms with E-state index in [-0.39, 0.29) is 0 Å². The first-order chi connectivity index (χ1) is 9.31. The zero-order valence-electron chi connectivity index (χ0n) is 12.6. The van der Waals surface area contributed by atoms with E-state index in [0.29, 0.717) is 11.6 Å². The molecule has 1 atom stereocenters. The number of aliphatic carboxylic acids is 1. The Hall–Kier alpha value is -1.26. The Morgan fingerprint density at radius 1 is 1.35 bits per heavy atom. The van der Waals surface area contributed by atoms with Crippen LogP contribution in [0.2, 0.25) is 5.02 Å². The largest absolute Gasteiger partial charge is 0.481 e. The molecule has 4 nitrogen and oxygen atoms in total. The van der Waals surface area contributed by atoms with Gasteiger partial charge in [-0.15, -0.1) is 0 Å². The molecule has 1 aromatic carbocycles. The van der Waals surface area contributed by atoms with Crippen molar-refractivity contribution in [3.63, 3.8) is 0 Å². The van der Waals surface area contributed by atoms with Crippen molar-refractivity contribution in [3.8, 4) is 0 Å². The van der Waals surface area contributed by atoms with Crippen LogP contribution in [0.15, 0.2) is 18.2 Å². The summed E-state index contributed by atoms with van der Waals surface area (Å²) < 4.78 is 0. The van der Waals surface area contributed by atoms with E-state index >= 15 is 0 Å². The Morgan fingerprint density at radius 3 is 2.55 bits per heavy atom. The fraction of sp³-hybridized carbons (Fsp3) is 0.533. The molecule has 0 bridgehead atoms. The summed E-state index contributed by atoms with van der Waals surface area (Å²) in [4.78, 5) is 15.3. The monoisotopic (exact) mass is 298 g/mol. The molecule has 20 heavy (non-hydrogen) atoms. The SMILES string of the molecule is Cc1ccc(Cl)cc1N(CCN(C)C)CC(C)C(=O)O. The maximum atomic E-state index is 11.1. The summed E-state index contributed by atoms with van der Waals surface area (Å²) in [5, 5.41) is 9.79. The van der Waals surface area contributed by atoms with E-state index in [9.17, 15) is 4.79 Å². The molecule has 0 aliphatic rings. The predicted molar refractivity (Wildman–Crippen MR) is 83.8 cm³/mol. The summed E-state index contributed by atoms with van der Waals surface area (Å²) in [6.45, 7) is 5.85. The van der Waals surface area contributed by atoms with Crippen LogP contribution in [0.3, 0.4) is 0 Å². The first kappa shape index (κ1) is 16.8. The molecule has 0 fully saturated rings. The summed E-state index contributed by atoms with van der Waals surface area (Å²) in [5.41, 5.74) is 2.11. The third-order valence-corrected chi connectivity index (χ3v) is 3.48. The highest BCUT2D eigenvalue weighted by molar-refractivity contribution is 6.30. The molecule has 0 saturated heterocycles. The van der Waals surface area contributed by atoms with E-state index in [1.807, 2.05) is 39.2 Å². The van der Waals surface area contributed by atoms with Gasteiger partial charge in [0.2, 0.25) is 0 Å². The molecule has 1 rings (SSSR count). The van der Waals surface area contributed by atoms with Crippen molar-refractivity contribution in [3.05, 3.63) is 28.8 Å². The molecule has 112 valence electrons. The van der Waals surface area contributed by atoms with Crippen LogP contribution in [0.25, 0.3) is 0 Å². The van der Waals surface area contributed by atoms with Gasteiger partial charge in [0.25, 0.3) is 0 Å². The van der Waals surface area contributed by atoms with Gasteiger partial charge >= 0.3 is 5.97 Å². The van der Waals surface area contributed by atoms with Crippen LogP contribution in [0.4, 0.5) is 5.69 Å². The van der Waals surface area contributed by atoms with Crippen molar-refractivity contribution in [2.24, 2.45) is 5.92 Å². The maximum Gasteiger partial charge on any atom is 0.308 e. The minimum Gasteiger partial charge on any atom is -0.481 e. The van der Waals surface area contributed by atoms with Crippen molar-refractivity contribution < 1.29 is 9.90 Å². The molecular formula is C15H23ClN2O2. The number of hydrogen-bond acceptors (Lipinski definition) is 3. The summed E-state index contributed by atoms with van der Waals surface area (Å²) >= 11 is 6.07. The quantitative estimate of drug-likeness (QED) is 0.840. The standard InChI is InChI=1S/C15H23ClN2O2/c1-11-5-6-13(16)9-14(11)18(8-7-17(3)4)10-12(2)15(19)20/h5-6,9,12H,7-8,10H2,1-4H3,(H,19,20). The topological polar surface area (TPSA) is 43.8 Å². The van der Waals surface area contributed by atoms with Gasteiger partial charge < -0.3 is 14.9 Å². The first-order valence-corrected chi connectivity index (χ1v) is 7.07. The van der Waals surface area contributed by atoms with E-state index in [1.165, 1.54) is 0 Å². The smallest absolute Gasteiger partial charge is 0.308 e. The average Bonchev–Trinajstić information content (AvgIpc) is 2.36. The highest BCUT2D eigenvalue weighted by atomic mass is 35.5. The summed E-state index contributed by atoms with van der Waals surface area (Å²) in [7, 11) is 4.01. The molecule has 1 N–H and O–H groups in total. The van der Waals surface area contributed by atoms with Crippen LogP contribution < -0.4 is 4.90 Å². The zero-order chi connectivity index (χ0) is 15.3. The number of carbonyl (C=O) groups is 1. The van der Waals surface area contributed by atoms with Crippen molar-refractivity contribution in [1.29, 1.82) is 0 Å². The van der Waals surface area contributed by atoms with E-state index in [1.54, 1.807) is 6.92 Å². The minimum atomic E-state index is -0.778. The molecule has 0 radical (unpaired) electrons. The lowest BCUT2D eigenvalue weighted by Crippen LogP contribution is -2.37. The van der Waals surface area contributed by atoms with Gasteiger partial charge in [-0.3, -0.25) is 4.79 Å². The number of halogens is 1. The Bertz CT molecular complexity index is 463. The predicted octanol–water partition coefficient (Wildman–Crippen LogP) is 2.74. The van der Waals surface area contributed by atoms with E-state index in [2.05, 4.69) is 9.80 Å². The third-order valence-electron chi connectivity index (χ3n) is 3.24.